The fourth-order valence-corrected chi connectivity index (χ4v) is 7.04. The minimum absolute atomic E-state index is 0.0252. The van der Waals surface area contributed by atoms with Crippen molar-refractivity contribution in [1.82, 2.24) is 9.97 Å². The van der Waals surface area contributed by atoms with Crippen molar-refractivity contribution < 1.29 is 60.0 Å². The molecular weight excluding hydrogens is 811 g/mol. The average molecular weight is 845 g/mol. The van der Waals surface area contributed by atoms with E-state index in [9.17, 15) is 35.9 Å². The second-order valence-corrected chi connectivity index (χ2v) is 14.7. The summed E-state index contributed by atoms with van der Waals surface area (Å²) in [5.74, 6) is 0.515. The topological polar surface area (TPSA) is 132 Å². The maximum atomic E-state index is 12.7. The highest BCUT2D eigenvalue weighted by molar-refractivity contribution is 7.98. The number of oxazole rings is 1. The van der Waals surface area contributed by atoms with Gasteiger partial charge in [0.05, 0.1) is 39.6 Å². The summed E-state index contributed by atoms with van der Waals surface area (Å²) in [5, 5.41) is 18.1. The zero-order valence-corrected chi connectivity index (χ0v) is 32.5. The van der Waals surface area contributed by atoms with Gasteiger partial charge in [0.2, 0.25) is 5.89 Å². The van der Waals surface area contributed by atoms with Crippen LogP contribution in [0.4, 0.5) is 26.3 Å². The second-order valence-electron chi connectivity index (χ2n) is 12.6. The van der Waals surface area contributed by atoms with Crippen molar-refractivity contribution in [1.29, 1.82) is 0 Å². The average Bonchev–Trinajstić information content (AvgIpc) is 3.73. The van der Waals surface area contributed by atoms with E-state index in [1.54, 1.807) is 44.2 Å². The Kier molecular flexibility index (Phi) is 13.9. The summed E-state index contributed by atoms with van der Waals surface area (Å²) in [4.78, 5) is 31.9. The van der Waals surface area contributed by atoms with Crippen LogP contribution in [0.3, 0.4) is 0 Å². The zero-order valence-electron chi connectivity index (χ0n) is 30.9. The van der Waals surface area contributed by atoms with Crippen LogP contribution in [0, 0.1) is 20.8 Å². The third-order valence-corrected chi connectivity index (χ3v) is 10.4. The summed E-state index contributed by atoms with van der Waals surface area (Å²) in [7, 11) is 0. The quantitative estimate of drug-likeness (QED) is 0.0855. The van der Waals surface area contributed by atoms with E-state index in [2.05, 4.69) is 9.97 Å². The van der Waals surface area contributed by atoms with Gasteiger partial charge in [-0.05, 0) is 98.6 Å². The molecule has 0 unspecified atom stereocenters. The zero-order chi connectivity index (χ0) is 42.2. The van der Waals surface area contributed by atoms with E-state index in [4.69, 9.17) is 24.1 Å². The summed E-state index contributed by atoms with van der Waals surface area (Å²) in [6, 6.07) is 21.8. The first-order chi connectivity index (χ1) is 27.3. The van der Waals surface area contributed by atoms with Crippen LogP contribution in [0.5, 0.6) is 11.5 Å². The van der Waals surface area contributed by atoms with Crippen molar-refractivity contribution in [2.75, 3.05) is 6.61 Å². The Morgan fingerprint density at radius 3 is 1.90 bits per heavy atom. The number of thiazole rings is 1. The summed E-state index contributed by atoms with van der Waals surface area (Å²) in [6.45, 7) is 5.21. The number of aromatic nitrogens is 2. The number of carbonyl (C=O) groups is 2. The molecule has 0 aliphatic carbocycles. The van der Waals surface area contributed by atoms with Crippen molar-refractivity contribution in [3.63, 3.8) is 0 Å². The van der Waals surface area contributed by atoms with Gasteiger partial charge in [0.25, 0.3) is 0 Å². The third kappa shape index (κ3) is 12.1. The molecule has 0 spiro atoms. The normalized spacial score (nSPS) is 11.5. The molecule has 304 valence electrons. The van der Waals surface area contributed by atoms with E-state index >= 15 is 0 Å². The number of halogens is 6. The summed E-state index contributed by atoms with van der Waals surface area (Å²) in [5.41, 5.74) is 2.54. The van der Waals surface area contributed by atoms with Crippen LogP contribution in [0.25, 0.3) is 22.0 Å². The number of rotatable bonds is 13. The number of carboxylic acid groups (broad SMARTS) is 2. The number of alkyl halides is 6. The Labute approximate surface area is 336 Å². The highest BCUT2D eigenvalue weighted by Gasteiger charge is 2.31. The summed E-state index contributed by atoms with van der Waals surface area (Å²) in [6.07, 6.45) is -8.78. The van der Waals surface area contributed by atoms with Gasteiger partial charge in [0.1, 0.15) is 28.9 Å². The van der Waals surface area contributed by atoms with Crippen LogP contribution in [0.15, 0.2) is 100 Å². The van der Waals surface area contributed by atoms with Gasteiger partial charge >= 0.3 is 24.3 Å². The fraction of sp³-hybridized carbons (Fsp3) is 0.220. The lowest BCUT2D eigenvalue weighted by atomic mass is 10.1. The van der Waals surface area contributed by atoms with Gasteiger partial charge in [-0.25, -0.2) is 14.8 Å². The molecule has 58 heavy (non-hydrogen) atoms. The molecule has 2 aromatic heterocycles. The van der Waals surface area contributed by atoms with Crippen LogP contribution in [-0.4, -0.2) is 38.7 Å². The number of aryl methyl sites for hydroxylation is 3. The molecule has 0 aliphatic heterocycles. The van der Waals surface area contributed by atoms with E-state index in [1.807, 2.05) is 19.1 Å². The van der Waals surface area contributed by atoms with E-state index in [-0.39, 0.29) is 18.9 Å². The molecule has 2 N–H and O–H groups in total. The fourth-order valence-electron chi connectivity index (χ4n) is 5.16. The number of ether oxygens (including phenoxy) is 2. The van der Waals surface area contributed by atoms with E-state index in [0.717, 1.165) is 50.9 Å². The van der Waals surface area contributed by atoms with E-state index in [0.29, 0.717) is 44.8 Å². The van der Waals surface area contributed by atoms with Crippen LogP contribution in [0.2, 0.25) is 0 Å². The Morgan fingerprint density at radius 2 is 1.34 bits per heavy atom. The number of carboxylic acids is 2. The third-order valence-electron chi connectivity index (χ3n) is 8.22. The van der Waals surface area contributed by atoms with Crippen LogP contribution in [-0.2, 0) is 40.7 Å². The van der Waals surface area contributed by atoms with E-state index in [1.165, 1.54) is 47.4 Å². The van der Waals surface area contributed by atoms with Gasteiger partial charge in [-0.15, -0.1) is 23.1 Å². The first kappa shape index (κ1) is 43.3. The minimum Gasteiger partial charge on any atom is -0.488 e. The Morgan fingerprint density at radius 1 is 0.741 bits per heavy atom. The van der Waals surface area contributed by atoms with Crippen LogP contribution >= 0.6 is 23.1 Å². The number of benzene rings is 4. The van der Waals surface area contributed by atoms with Gasteiger partial charge in [0.15, 0.2) is 6.61 Å². The number of aliphatic carboxylic acids is 2. The van der Waals surface area contributed by atoms with Gasteiger partial charge in [0, 0.05) is 16.0 Å². The van der Waals surface area contributed by atoms with Crippen LogP contribution < -0.4 is 9.47 Å². The number of hydrogen-bond acceptors (Lipinski definition) is 9. The molecule has 0 atom stereocenters. The Bertz CT molecular complexity index is 2340. The first-order valence-electron chi connectivity index (χ1n) is 17.1. The van der Waals surface area contributed by atoms with Gasteiger partial charge in [-0.1, -0.05) is 24.3 Å². The second kappa shape index (κ2) is 18.6. The molecule has 0 aliphatic rings. The smallest absolute Gasteiger partial charge is 0.416 e. The highest BCUT2D eigenvalue weighted by atomic mass is 32.2. The Balaban J connectivity index is 0.000000221. The van der Waals surface area contributed by atoms with Crippen molar-refractivity contribution >= 4 is 35.0 Å². The van der Waals surface area contributed by atoms with E-state index < -0.39 is 42.0 Å². The standard InChI is InChI=1S/C21H18F3NO4S.C20H16F3NO3S/c1-12-9-16(7-8-17(12)29-11-19(26)27)28-10-18-13(2)25-20(30-18)14-3-5-15(6-4-14)21(22,23)24;1-12-17(11-28-16-8-2-13(3-9-16)10-18(25)26)27-19(24-12)14-4-6-15(7-5-14)20(21,22)23/h3-9H,10-11H2,1-2H3,(H,26,27);2-9H,10-11H2,1H3,(H,25,26). The molecule has 0 radical (unpaired) electrons. The first-order valence-corrected chi connectivity index (χ1v) is 19.0. The summed E-state index contributed by atoms with van der Waals surface area (Å²) < 4.78 is 92.9. The predicted molar refractivity (Wildman–Crippen MR) is 205 cm³/mol. The molecular formula is C41H34F6N2O7S2. The molecule has 0 bridgehead atoms. The largest absolute Gasteiger partial charge is 0.488 e. The van der Waals surface area contributed by atoms with Crippen molar-refractivity contribution in [2.24, 2.45) is 0 Å². The summed E-state index contributed by atoms with van der Waals surface area (Å²) >= 11 is 2.86. The molecule has 4 aromatic carbocycles. The van der Waals surface area contributed by atoms with Gasteiger partial charge < -0.3 is 24.1 Å². The minimum atomic E-state index is -4.38. The SMILES string of the molecule is Cc1cc(OCc2sc(-c3ccc(C(F)(F)F)cc3)nc2C)ccc1OCC(=O)O.Cc1nc(-c2ccc(C(F)(F)F)cc2)oc1CSc1ccc(CC(=O)O)cc1. The molecule has 6 rings (SSSR count). The molecule has 0 saturated carbocycles. The van der Waals surface area contributed by atoms with Gasteiger partial charge in [-0.3, -0.25) is 4.79 Å². The Hall–Kier alpha value is -5.81. The maximum Gasteiger partial charge on any atom is 0.416 e. The molecule has 9 nitrogen and oxygen atoms in total. The van der Waals surface area contributed by atoms with Crippen molar-refractivity contribution in [3.8, 4) is 33.5 Å². The van der Waals surface area contributed by atoms with Crippen molar-refractivity contribution in [2.45, 2.75) is 56.8 Å². The van der Waals surface area contributed by atoms with Crippen molar-refractivity contribution in [3.05, 3.63) is 135 Å². The van der Waals surface area contributed by atoms with Crippen LogP contribution in [0.1, 0.15) is 44.3 Å². The molecule has 0 amide bonds. The predicted octanol–water partition coefficient (Wildman–Crippen LogP) is 11.1. The lowest BCUT2D eigenvalue weighted by molar-refractivity contribution is -0.139. The molecule has 0 fully saturated rings. The van der Waals surface area contributed by atoms with Gasteiger partial charge in [-0.2, -0.15) is 26.3 Å². The lowest BCUT2D eigenvalue weighted by Gasteiger charge is -2.10. The molecule has 17 heteroatoms. The maximum absolute atomic E-state index is 12.7. The number of hydrogen-bond donors (Lipinski definition) is 2. The number of thioether (sulfide) groups is 1. The number of nitrogens with zero attached hydrogens (tertiary/aromatic N) is 2. The monoisotopic (exact) mass is 844 g/mol. The molecule has 2 heterocycles. The molecule has 6 aromatic rings. The molecule has 0 saturated heterocycles. The lowest BCUT2D eigenvalue weighted by Crippen LogP contribution is -2.10. The highest BCUT2D eigenvalue weighted by Crippen LogP contribution is 2.35.